The van der Waals surface area contributed by atoms with Crippen LogP contribution in [-0.2, 0) is 6.18 Å². The third kappa shape index (κ3) is 3.15. The molecule has 3 aromatic rings. The maximum atomic E-state index is 12.8. The second kappa shape index (κ2) is 5.84. The van der Waals surface area contributed by atoms with Crippen molar-refractivity contribution in [2.75, 3.05) is 0 Å². The number of carboxylic acid groups (broad SMARTS) is 1. The van der Waals surface area contributed by atoms with Crippen molar-refractivity contribution in [3.63, 3.8) is 0 Å². The lowest BCUT2D eigenvalue weighted by Crippen LogP contribution is -2.22. The summed E-state index contributed by atoms with van der Waals surface area (Å²) in [6, 6.07) is 10.8. The Hall–Kier alpha value is -3.09. The van der Waals surface area contributed by atoms with Gasteiger partial charge in [0.25, 0.3) is 0 Å². The Labute approximate surface area is 134 Å². The summed E-state index contributed by atoms with van der Waals surface area (Å²) in [5.41, 5.74) is 0.567. The Morgan fingerprint density at radius 2 is 1.79 bits per heavy atom. The third-order valence-corrected chi connectivity index (χ3v) is 3.45. The summed E-state index contributed by atoms with van der Waals surface area (Å²) in [4.78, 5) is 10.9. The van der Waals surface area contributed by atoms with Crippen LogP contribution in [0.5, 0.6) is 0 Å². The predicted octanol–water partition coefficient (Wildman–Crippen LogP) is 2.92. The second-order valence-corrected chi connectivity index (χ2v) is 5.09. The molecular weight excluding hydrogens is 321 g/mol. The van der Waals surface area contributed by atoms with Gasteiger partial charge in [-0.2, -0.15) is 18.3 Å². The Kier molecular flexibility index (Phi) is 3.84. The number of carbonyl (C=O) groups excluding carboxylic acids is 1. The molecule has 0 radical (unpaired) electrons. The van der Waals surface area contributed by atoms with Gasteiger partial charge in [-0.1, -0.05) is 24.3 Å². The number of carboxylic acids is 1. The van der Waals surface area contributed by atoms with Crippen molar-refractivity contribution < 1.29 is 23.1 Å². The number of nitrogens with zero attached hydrogens (tertiary/aromatic N) is 2. The normalized spacial score (nSPS) is 11.5. The van der Waals surface area contributed by atoms with Crippen LogP contribution in [0.1, 0.15) is 15.9 Å². The van der Waals surface area contributed by atoms with Crippen molar-refractivity contribution in [3.8, 4) is 16.8 Å². The molecule has 0 aliphatic heterocycles. The number of carbonyl (C=O) groups is 1. The quantitative estimate of drug-likeness (QED) is 0.741. The number of rotatable bonds is 3. The summed E-state index contributed by atoms with van der Waals surface area (Å²) < 4.78 is 39.8. The number of alkyl halides is 3. The van der Waals surface area contributed by atoms with Crippen LogP contribution >= 0.6 is 0 Å². The fraction of sp³-hybridized carbons (Fsp3) is 0.0588. The molecule has 0 aliphatic carbocycles. The first-order valence-corrected chi connectivity index (χ1v) is 6.89. The number of halogens is 3. The van der Waals surface area contributed by atoms with E-state index < -0.39 is 17.7 Å². The van der Waals surface area contributed by atoms with Crippen molar-refractivity contribution in [2.45, 2.75) is 6.18 Å². The summed E-state index contributed by atoms with van der Waals surface area (Å²) in [5.74, 6) is -1.32. The van der Waals surface area contributed by atoms with Crippen LogP contribution in [0, 0.1) is 0 Å². The van der Waals surface area contributed by atoms with E-state index in [2.05, 4.69) is 5.10 Å². The van der Waals surface area contributed by atoms with Gasteiger partial charge in [-0.25, -0.2) is 4.68 Å². The van der Waals surface area contributed by atoms with E-state index in [4.69, 9.17) is 0 Å². The van der Waals surface area contributed by atoms with Gasteiger partial charge in [0.05, 0.1) is 23.4 Å². The van der Waals surface area contributed by atoms with Gasteiger partial charge >= 0.3 is 6.18 Å². The largest absolute Gasteiger partial charge is 0.545 e. The molecule has 0 N–H and O–H groups in total. The maximum absolute atomic E-state index is 12.8. The van der Waals surface area contributed by atoms with Crippen LogP contribution in [0.3, 0.4) is 0 Å². The first-order valence-electron chi connectivity index (χ1n) is 6.89. The number of hydrogen-bond acceptors (Lipinski definition) is 3. The van der Waals surface area contributed by atoms with Crippen molar-refractivity contribution >= 4 is 5.97 Å². The maximum Gasteiger partial charge on any atom is 0.416 e. The van der Waals surface area contributed by atoms with Gasteiger partial charge < -0.3 is 9.90 Å². The number of hydrogen-bond donors (Lipinski definition) is 0. The van der Waals surface area contributed by atoms with Crippen LogP contribution in [0.2, 0.25) is 0 Å². The average Bonchev–Trinajstić information content (AvgIpc) is 3.04. The van der Waals surface area contributed by atoms with Crippen molar-refractivity contribution in [3.05, 3.63) is 72.1 Å². The fourth-order valence-electron chi connectivity index (χ4n) is 2.26. The molecule has 1 aromatic heterocycles. The molecule has 0 spiro atoms. The summed E-state index contributed by atoms with van der Waals surface area (Å²) >= 11 is 0. The monoisotopic (exact) mass is 331 g/mol. The first-order chi connectivity index (χ1) is 11.3. The third-order valence-electron chi connectivity index (χ3n) is 3.45. The highest BCUT2D eigenvalue weighted by Crippen LogP contribution is 2.32. The summed E-state index contributed by atoms with van der Waals surface area (Å²) in [7, 11) is 0. The van der Waals surface area contributed by atoms with E-state index in [-0.39, 0.29) is 5.56 Å². The lowest BCUT2D eigenvalue weighted by atomic mass is 10.1. The Balaban J connectivity index is 1.97. The van der Waals surface area contributed by atoms with Crippen LogP contribution in [0.15, 0.2) is 60.9 Å². The van der Waals surface area contributed by atoms with E-state index in [1.807, 2.05) is 0 Å². The molecule has 2 aromatic carbocycles. The number of aromatic carboxylic acids is 1. The molecule has 0 saturated heterocycles. The highest BCUT2D eigenvalue weighted by molar-refractivity contribution is 5.86. The standard InChI is InChI=1S/C17H11F3N2O2/c18-17(19,20)14-5-1-3-11(7-14)13-9-21-22(10-13)15-6-2-4-12(8-15)16(23)24/h1-10H,(H,23,24)/p-1. The molecule has 122 valence electrons. The van der Waals surface area contributed by atoms with Crippen LogP contribution in [-0.4, -0.2) is 15.7 Å². The predicted molar refractivity (Wildman–Crippen MR) is 78.3 cm³/mol. The van der Waals surface area contributed by atoms with Crippen LogP contribution in [0.25, 0.3) is 16.8 Å². The molecule has 7 heteroatoms. The molecule has 4 nitrogen and oxygen atoms in total. The molecule has 0 bridgehead atoms. The van der Waals surface area contributed by atoms with Crippen LogP contribution in [0.4, 0.5) is 13.2 Å². The van der Waals surface area contributed by atoms with E-state index in [0.717, 1.165) is 12.1 Å². The zero-order valence-electron chi connectivity index (χ0n) is 12.1. The second-order valence-electron chi connectivity index (χ2n) is 5.09. The van der Waals surface area contributed by atoms with Gasteiger partial charge in [0.1, 0.15) is 0 Å². The minimum atomic E-state index is -4.42. The van der Waals surface area contributed by atoms with Gasteiger partial charge in [0, 0.05) is 11.8 Å². The molecule has 1 heterocycles. The number of benzene rings is 2. The van der Waals surface area contributed by atoms with Crippen molar-refractivity contribution in [1.29, 1.82) is 0 Å². The van der Waals surface area contributed by atoms with Crippen molar-refractivity contribution in [2.24, 2.45) is 0 Å². The van der Waals surface area contributed by atoms with Gasteiger partial charge in [-0.15, -0.1) is 0 Å². The molecule has 3 rings (SSSR count). The molecule has 0 saturated carbocycles. The Morgan fingerprint density at radius 1 is 1.04 bits per heavy atom. The van der Waals surface area contributed by atoms with Gasteiger partial charge in [0.15, 0.2) is 0 Å². The zero-order valence-corrected chi connectivity index (χ0v) is 12.1. The minimum absolute atomic E-state index is 0.0105. The van der Waals surface area contributed by atoms with Gasteiger partial charge in [0.2, 0.25) is 0 Å². The molecule has 0 unspecified atom stereocenters. The zero-order chi connectivity index (χ0) is 17.3. The van der Waals surface area contributed by atoms with Gasteiger partial charge in [-0.05, 0) is 35.4 Å². The Bertz CT molecular complexity index is 901. The summed E-state index contributed by atoms with van der Waals surface area (Å²) in [5, 5.41) is 15.0. The molecule has 0 atom stereocenters. The smallest absolute Gasteiger partial charge is 0.416 e. The van der Waals surface area contributed by atoms with E-state index in [1.54, 1.807) is 12.1 Å². The first kappa shape index (κ1) is 15.8. The molecule has 0 amide bonds. The van der Waals surface area contributed by atoms with E-state index in [0.29, 0.717) is 16.8 Å². The van der Waals surface area contributed by atoms with E-state index in [9.17, 15) is 23.1 Å². The lowest BCUT2D eigenvalue weighted by Gasteiger charge is -2.07. The molecule has 0 fully saturated rings. The summed E-state index contributed by atoms with van der Waals surface area (Å²) in [6.07, 6.45) is -1.47. The number of aromatic nitrogens is 2. The molecular formula is C17H10F3N2O2-. The van der Waals surface area contributed by atoms with Crippen LogP contribution < -0.4 is 5.11 Å². The topological polar surface area (TPSA) is 57.9 Å². The molecule has 24 heavy (non-hydrogen) atoms. The van der Waals surface area contributed by atoms with E-state index in [1.165, 1.54) is 41.3 Å². The minimum Gasteiger partial charge on any atom is -0.545 e. The average molecular weight is 331 g/mol. The highest BCUT2D eigenvalue weighted by Gasteiger charge is 2.30. The Morgan fingerprint density at radius 3 is 2.50 bits per heavy atom. The SMILES string of the molecule is O=C([O-])c1cccc(-n2cc(-c3cccc(C(F)(F)F)c3)cn2)c1. The molecule has 0 aliphatic rings. The summed E-state index contributed by atoms with van der Waals surface area (Å²) in [6.45, 7) is 0. The van der Waals surface area contributed by atoms with Gasteiger partial charge in [-0.3, -0.25) is 0 Å². The fourth-order valence-corrected chi connectivity index (χ4v) is 2.26. The highest BCUT2D eigenvalue weighted by atomic mass is 19.4. The lowest BCUT2D eigenvalue weighted by molar-refractivity contribution is -0.255. The van der Waals surface area contributed by atoms with E-state index >= 15 is 0 Å². The van der Waals surface area contributed by atoms with Crippen molar-refractivity contribution in [1.82, 2.24) is 9.78 Å².